The van der Waals surface area contributed by atoms with Crippen molar-refractivity contribution in [2.24, 2.45) is 0 Å². The lowest BCUT2D eigenvalue weighted by Crippen LogP contribution is -2.22. The summed E-state index contributed by atoms with van der Waals surface area (Å²) in [6.07, 6.45) is 1.30. The predicted molar refractivity (Wildman–Crippen MR) is 71.5 cm³/mol. The lowest BCUT2D eigenvalue weighted by atomic mass is 10.3. The van der Waals surface area contributed by atoms with Crippen LogP contribution < -0.4 is 4.74 Å². The molecule has 0 aromatic carbocycles. The fraction of sp³-hybridized carbons (Fsp3) is 0.615. The van der Waals surface area contributed by atoms with Gasteiger partial charge in [0, 0.05) is 13.1 Å². The van der Waals surface area contributed by atoms with Crippen LogP contribution in [0.5, 0.6) is 5.75 Å². The maximum absolute atomic E-state index is 6.13. The highest BCUT2D eigenvalue weighted by Crippen LogP contribution is 2.25. The molecule has 2 aromatic rings. The van der Waals surface area contributed by atoms with E-state index in [9.17, 15) is 0 Å². The average molecular weight is 261 g/mol. The van der Waals surface area contributed by atoms with Crippen molar-refractivity contribution in [1.82, 2.24) is 24.5 Å². The summed E-state index contributed by atoms with van der Waals surface area (Å²) in [5.41, 5.74) is 1.85. The first kappa shape index (κ1) is 12.3. The first-order chi connectivity index (χ1) is 9.04. The van der Waals surface area contributed by atoms with E-state index >= 15 is 0 Å². The second kappa shape index (κ2) is 4.45. The molecule has 3 heterocycles. The Bertz CT molecular complexity index is 621. The Balaban J connectivity index is 1.98. The van der Waals surface area contributed by atoms with Gasteiger partial charge in [-0.05, 0) is 34.2 Å². The Labute approximate surface area is 112 Å². The van der Waals surface area contributed by atoms with Crippen LogP contribution in [0, 0.1) is 20.8 Å². The van der Waals surface area contributed by atoms with E-state index in [1.807, 2.05) is 20.8 Å². The van der Waals surface area contributed by atoms with Crippen LogP contribution in [-0.4, -0.2) is 50.7 Å². The predicted octanol–water partition coefficient (Wildman–Crippen LogP) is 1.13. The van der Waals surface area contributed by atoms with Gasteiger partial charge in [-0.25, -0.2) is 4.98 Å². The third kappa shape index (κ3) is 2.16. The van der Waals surface area contributed by atoms with Gasteiger partial charge in [0.1, 0.15) is 11.9 Å². The number of likely N-dealkylation sites (N-methyl/N-ethyl adjacent to an activating group) is 1. The standard InChI is InChI=1S/C13H19N5O/c1-8-12(19-11-5-6-17(4)7-11)9(2)18-13(14-8)15-10(3)16-18/h11H,5-7H2,1-4H3. The molecule has 0 bridgehead atoms. The van der Waals surface area contributed by atoms with Crippen molar-refractivity contribution in [3.63, 3.8) is 0 Å². The Hall–Kier alpha value is -1.69. The smallest absolute Gasteiger partial charge is 0.253 e. The van der Waals surface area contributed by atoms with Gasteiger partial charge >= 0.3 is 0 Å². The van der Waals surface area contributed by atoms with E-state index in [1.165, 1.54) is 0 Å². The number of hydrogen-bond donors (Lipinski definition) is 0. The number of aryl methyl sites for hydroxylation is 3. The largest absolute Gasteiger partial charge is 0.485 e. The van der Waals surface area contributed by atoms with Gasteiger partial charge < -0.3 is 9.64 Å². The normalized spacial score (nSPS) is 20.3. The Kier molecular flexibility index (Phi) is 2.89. The number of aromatic nitrogens is 4. The van der Waals surface area contributed by atoms with Crippen molar-refractivity contribution in [1.29, 1.82) is 0 Å². The van der Waals surface area contributed by atoms with Crippen molar-refractivity contribution in [2.75, 3.05) is 20.1 Å². The third-order valence-electron chi connectivity index (χ3n) is 3.57. The Morgan fingerprint density at radius 3 is 2.68 bits per heavy atom. The van der Waals surface area contributed by atoms with Gasteiger partial charge in [0.25, 0.3) is 5.78 Å². The summed E-state index contributed by atoms with van der Waals surface area (Å²) in [7, 11) is 2.12. The summed E-state index contributed by atoms with van der Waals surface area (Å²) in [4.78, 5) is 11.0. The zero-order valence-electron chi connectivity index (χ0n) is 11.8. The third-order valence-corrected chi connectivity index (χ3v) is 3.57. The van der Waals surface area contributed by atoms with Gasteiger partial charge in [0.2, 0.25) is 0 Å². The van der Waals surface area contributed by atoms with Gasteiger partial charge in [-0.3, -0.25) is 0 Å². The van der Waals surface area contributed by atoms with E-state index in [-0.39, 0.29) is 6.10 Å². The second-order valence-corrected chi connectivity index (χ2v) is 5.27. The molecule has 0 radical (unpaired) electrons. The molecule has 3 rings (SSSR count). The Morgan fingerprint density at radius 2 is 2.00 bits per heavy atom. The molecule has 1 aliphatic rings. The van der Waals surface area contributed by atoms with Crippen LogP contribution in [0.2, 0.25) is 0 Å². The second-order valence-electron chi connectivity index (χ2n) is 5.27. The van der Waals surface area contributed by atoms with E-state index in [2.05, 4.69) is 27.0 Å². The molecule has 1 fully saturated rings. The van der Waals surface area contributed by atoms with Gasteiger partial charge in [0.05, 0.1) is 11.4 Å². The van der Waals surface area contributed by atoms with E-state index in [0.29, 0.717) is 5.78 Å². The van der Waals surface area contributed by atoms with E-state index in [0.717, 1.165) is 42.5 Å². The van der Waals surface area contributed by atoms with Crippen molar-refractivity contribution in [2.45, 2.75) is 33.3 Å². The van der Waals surface area contributed by atoms with Crippen molar-refractivity contribution >= 4 is 5.78 Å². The number of hydrogen-bond acceptors (Lipinski definition) is 5. The minimum atomic E-state index is 0.242. The summed E-state index contributed by atoms with van der Waals surface area (Å²) in [5.74, 6) is 2.22. The minimum Gasteiger partial charge on any atom is -0.485 e. The molecule has 1 unspecified atom stereocenters. The fourth-order valence-corrected chi connectivity index (χ4v) is 2.59. The molecule has 6 nitrogen and oxygen atoms in total. The minimum absolute atomic E-state index is 0.242. The zero-order valence-corrected chi connectivity index (χ0v) is 11.8. The number of nitrogens with zero attached hydrogens (tertiary/aromatic N) is 5. The van der Waals surface area contributed by atoms with Crippen LogP contribution in [0.25, 0.3) is 5.78 Å². The lowest BCUT2D eigenvalue weighted by Gasteiger charge is -2.17. The molecule has 1 aliphatic heterocycles. The van der Waals surface area contributed by atoms with Crippen LogP contribution in [0.3, 0.4) is 0 Å². The highest BCUT2D eigenvalue weighted by atomic mass is 16.5. The quantitative estimate of drug-likeness (QED) is 0.811. The lowest BCUT2D eigenvalue weighted by molar-refractivity contribution is 0.203. The number of ether oxygens (including phenoxy) is 1. The summed E-state index contributed by atoms with van der Waals surface area (Å²) in [5, 5.41) is 4.36. The molecule has 0 aliphatic carbocycles. The first-order valence-corrected chi connectivity index (χ1v) is 6.60. The molecular formula is C13H19N5O. The fourth-order valence-electron chi connectivity index (χ4n) is 2.59. The summed E-state index contributed by atoms with van der Waals surface area (Å²) < 4.78 is 7.89. The average Bonchev–Trinajstić information content (AvgIpc) is 2.90. The van der Waals surface area contributed by atoms with Crippen molar-refractivity contribution in [3.8, 4) is 5.75 Å². The molecule has 0 N–H and O–H groups in total. The highest BCUT2D eigenvalue weighted by Gasteiger charge is 2.23. The highest BCUT2D eigenvalue weighted by molar-refractivity contribution is 5.41. The van der Waals surface area contributed by atoms with Crippen LogP contribution in [0.15, 0.2) is 0 Å². The number of rotatable bonds is 2. The van der Waals surface area contributed by atoms with Gasteiger partial charge in [-0.1, -0.05) is 0 Å². The van der Waals surface area contributed by atoms with Crippen LogP contribution in [0.4, 0.5) is 0 Å². The molecule has 6 heteroatoms. The van der Waals surface area contributed by atoms with Crippen LogP contribution >= 0.6 is 0 Å². The monoisotopic (exact) mass is 261 g/mol. The zero-order chi connectivity index (χ0) is 13.6. The van der Waals surface area contributed by atoms with Crippen LogP contribution in [0.1, 0.15) is 23.6 Å². The maximum Gasteiger partial charge on any atom is 0.253 e. The summed E-state index contributed by atoms with van der Waals surface area (Å²) in [6, 6.07) is 0. The van der Waals surface area contributed by atoms with Gasteiger partial charge in [0.15, 0.2) is 5.75 Å². The molecule has 19 heavy (non-hydrogen) atoms. The van der Waals surface area contributed by atoms with E-state index < -0.39 is 0 Å². The van der Waals surface area contributed by atoms with Gasteiger partial charge in [-0.15, -0.1) is 5.10 Å². The molecular weight excluding hydrogens is 242 g/mol. The Morgan fingerprint density at radius 1 is 1.21 bits per heavy atom. The molecule has 1 saturated heterocycles. The molecule has 0 spiro atoms. The first-order valence-electron chi connectivity index (χ1n) is 6.60. The number of fused-ring (bicyclic) bond motifs is 1. The number of likely N-dealkylation sites (tertiary alicyclic amines) is 1. The SMILES string of the molecule is Cc1nc2nc(C)c(OC3CCN(C)C3)c(C)n2n1. The van der Waals surface area contributed by atoms with Crippen molar-refractivity contribution < 1.29 is 4.74 Å². The maximum atomic E-state index is 6.13. The summed E-state index contributed by atoms with van der Waals surface area (Å²) >= 11 is 0. The van der Waals surface area contributed by atoms with Crippen molar-refractivity contribution in [3.05, 3.63) is 17.2 Å². The summed E-state index contributed by atoms with van der Waals surface area (Å²) in [6.45, 7) is 7.89. The van der Waals surface area contributed by atoms with Gasteiger partial charge in [-0.2, -0.15) is 9.50 Å². The molecule has 102 valence electrons. The topological polar surface area (TPSA) is 55.6 Å². The molecule has 0 amide bonds. The molecule has 2 aromatic heterocycles. The molecule has 0 saturated carbocycles. The van der Waals surface area contributed by atoms with E-state index in [4.69, 9.17) is 4.74 Å². The van der Waals surface area contributed by atoms with E-state index in [1.54, 1.807) is 4.52 Å². The molecule has 1 atom stereocenters. The van der Waals surface area contributed by atoms with Crippen LogP contribution in [-0.2, 0) is 0 Å².